The molecule has 3 heteroatoms. The SMILES string of the molecule is CCC(C(N)=S)N(C)CC(C)(C)C. The maximum absolute atomic E-state index is 5.66. The minimum absolute atomic E-state index is 0.245. The number of nitrogens with zero attached hydrogens (tertiary/aromatic N) is 1. The van der Waals surface area contributed by atoms with Gasteiger partial charge in [0.1, 0.15) is 0 Å². The smallest absolute Gasteiger partial charge is 0.0901 e. The van der Waals surface area contributed by atoms with Gasteiger partial charge in [0.25, 0.3) is 0 Å². The van der Waals surface area contributed by atoms with Crippen LogP contribution in [0.2, 0.25) is 0 Å². The van der Waals surface area contributed by atoms with Gasteiger partial charge in [-0.25, -0.2) is 0 Å². The van der Waals surface area contributed by atoms with Crippen molar-refractivity contribution in [2.45, 2.75) is 40.2 Å². The highest BCUT2D eigenvalue weighted by molar-refractivity contribution is 7.80. The Bertz CT molecular complexity index is 172. The molecule has 78 valence electrons. The van der Waals surface area contributed by atoms with Crippen LogP contribution in [0, 0.1) is 5.41 Å². The van der Waals surface area contributed by atoms with Crippen LogP contribution in [-0.2, 0) is 0 Å². The van der Waals surface area contributed by atoms with E-state index in [-0.39, 0.29) is 6.04 Å². The molecule has 0 bridgehead atoms. The minimum atomic E-state index is 0.245. The highest BCUT2D eigenvalue weighted by Gasteiger charge is 2.20. The third-order valence-corrected chi connectivity index (χ3v) is 2.24. The molecule has 2 nitrogen and oxygen atoms in total. The van der Waals surface area contributed by atoms with E-state index in [2.05, 4.69) is 39.6 Å². The predicted molar refractivity (Wildman–Crippen MR) is 62.9 cm³/mol. The first-order valence-electron chi connectivity index (χ1n) is 4.77. The molecule has 0 aromatic carbocycles. The van der Waals surface area contributed by atoms with Gasteiger partial charge in [0.05, 0.1) is 11.0 Å². The number of likely N-dealkylation sites (N-methyl/N-ethyl adjacent to an activating group) is 1. The van der Waals surface area contributed by atoms with Crippen molar-refractivity contribution in [3.05, 3.63) is 0 Å². The molecule has 0 radical (unpaired) electrons. The zero-order chi connectivity index (χ0) is 10.6. The third-order valence-electron chi connectivity index (χ3n) is 1.97. The van der Waals surface area contributed by atoms with Crippen LogP contribution in [0.15, 0.2) is 0 Å². The summed E-state index contributed by atoms with van der Waals surface area (Å²) in [6.07, 6.45) is 0.988. The molecule has 1 atom stereocenters. The van der Waals surface area contributed by atoms with Crippen molar-refractivity contribution in [2.75, 3.05) is 13.6 Å². The van der Waals surface area contributed by atoms with Gasteiger partial charge in [-0.3, -0.25) is 4.90 Å². The van der Waals surface area contributed by atoms with Gasteiger partial charge in [0.15, 0.2) is 0 Å². The van der Waals surface area contributed by atoms with Crippen LogP contribution >= 0.6 is 12.2 Å². The van der Waals surface area contributed by atoms with E-state index < -0.39 is 0 Å². The van der Waals surface area contributed by atoms with Crippen molar-refractivity contribution in [1.29, 1.82) is 0 Å². The van der Waals surface area contributed by atoms with Crippen LogP contribution in [0.4, 0.5) is 0 Å². The molecular formula is C10H22N2S. The summed E-state index contributed by atoms with van der Waals surface area (Å²) in [4.78, 5) is 2.84. The summed E-state index contributed by atoms with van der Waals surface area (Å²) in [5.41, 5.74) is 5.96. The summed E-state index contributed by atoms with van der Waals surface area (Å²) in [7, 11) is 2.08. The van der Waals surface area contributed by atoms with Gasteiger partial charge in [0.2, 0.25) is 0 Å². The number of thiocarbonyl (C=S) groups is 1. The van der Waals surface area contributed by atoms with Crippen molar-refractivity contribution in [2.24, 2.45) is 11.1 Å². The molecule has 0 spiro atoms. The molecule has 0 aromatic heterocycles. The fourth-order valence-electron chi connectivity index (χ4n) is 1.59. The van der Waals surface area contributed by atoms with E-state index in [1.807, 2.05) is 0 Å². The molecule has 2 N–H and O–H groups in total. The van der Waals surface area contributed by atoms with Crippen molar-refractivity contribution >= 4 is 17.2 Å². The Morgan fingerprint density at radius 1 is 1.46 bits per heavy atom. The normalized spacial score (nSPS) is 14.6. The molecule has 13 heavy (non-hydrogen) atoms. The van der Waals surface area contributed by atoms with E-state index in [0.717, 1.165) is 13.0 Å². The first-order chi connectivity index (χ1) is 5.78. The first-order valence-corrected chi connectivity index (χ1v) is 5.18. The lowest BCUT2D eigenvalue weighted by Crippen LogP contribution is -2.44. The topological polar surface area (TPSA) is 29.3 Å². The van der Waals surface area contributed by atoms with Gasteiger partial charge in [-0.15, -0.1) is 0 Å². The number of hydrogen-bond donors (Lipinski definition) is 1. The Hall–Kier alpha value is -0.150. The summed E-state index contributed by atoms with van der Waals surface area (Å²) < 4.78 is 0. The summed E-state index contributed by atoms with van der Waals surface area (Å²) in [6.45, 7) is 9.78. The molecule has 0 aliphatic rings. The molecular weight excluding hydrogens is 180 g/mol. The van der Waals surface area contributed by atoms with Gasteiger partial charge in [-0.1, -0.05) is 39.9 Å². The summed E-state index contributed by atoms with van der Waals surface area (Å²) >= 11 is 5.02. The van der Waals surface area contributed by atoms with Crippen molar-refractivity contribution in [3.8, 4) is 0 Å². The molecule has 0 amide bonds. The van der Waals surface area contributed by atoms with Crippen LogP contribution in [0.1, 0.15) is 34.1 Å². The van der Waals surface area contributed by atoms with E-state index in [4.69, 9.17) is 18.0 Å². The van der Waals surface area contributed by atoms with Gasteiger partial charge in [-0.2, -0.15) is 0 Å². The summed E-state index contributed by atoms with van der Waals surface area (Å²) in [6, 6.07) is 0.245. The van der Waals surface area contributed by atoms with Gasteiger partial charge in [-0.05, 0) is 18.9 Å². The molecule has 0 aliphatic carbocycles. The van der Waals surface area contributed by atoms with Gasteiger partial charge < -0.3 is 5.73 Å². The molecule has 0 aliphatic heterocycles. The van der Waals surface area contributed by atoms with E-state index in [9.17, 15) is 0 Å². The minimum Gasteiger partial charge on any atom is -0.392 e. The monoisotopic (exact) mass is 202 g/mol. The molecule has 0 saturated heterocycles. The van der Waals surface area contributed by atoms with Crippen LogP contribution in [0.3, 0.4) is 0 Å². The molecule has 0 fully saturated rings. The molecule has 0 rings (SSSR count). The maximum Gasteiger partial charge on any atom is 0.0901 e. The lowest BCUT2D eigenvalue weighted by Gasteiger charge is -2.32. The lowest BCUT2D eigenvalue weighted by atomic mass is 9.95. The Morgan fingerprint density at radius 3 is 2.15 bits per heavy atom. The molecule has 0 aromatic rings. The Balaban J connectivity index is 4.22. The Morgan fingerprint density at radius 2 is 1.92 bits per heavy atom. The van der Waals surface area contributed by atoms with E-state index in [1.165, 1.54) is 0 Å². The number of nitrogens with two attached hydrogens (primary N) is 1. The van der Waals surface area contributed by atoms with Crippen molar-refractivity contribution in [1.82, 2.24) is 4.90 Å². The summed E-state index contributed by atoms with van der Waals surface area (Å²) in [5.74, 6) is 0. The highest BCUT2D eigenvalue weighted by atomic mass is 32.1. The third kappa shape index (κ3) is 5.21. The van der Waals surface area contributed by atoms with Crippen LogP contribution in [0.25, 0.3) is 0 Å². The predicted octanol–water partition coefficient (Wildman–Crippen LogP) is 2.03. The largest absolute Gasteiger partial charge is 0.392 e. The summed E-state index contributed by atoms with van der Waals surface area (Å²) in [5, 5.41) is 0. The second-order valence-corrected chi connectivity index (χ2v) is 5.27. The second kappa shape index (κ2) is 4.91. The van der Waals surface area contributed by atoms with Crippen LogP contribution in [-0.4, -0.2) is 29.5 Å². The quantitative estimate of drug-likeness (QED) is 0.707. The zero-order valence-electron chi connectivity index (χ0n) is 9.42. The second-order valence-electron chi connectivity index (χ2n) is 4.80. The van der Waals surface area contributed by atoms with Gasteiger partial charge >= 0.3 is 0 Å². The lowest BCUT2D eigenvalue weighted by molar-refractivity contribution is 0.202. The van der Waals surface area contributed by atoms with Crippen LogP contribution in [0.5, 0.6) is 0 Å². The molecule has 0 heterocycles. The van der Waals surface area contributed by atoms with E-state index in [0.29, 0.717) is 10.4 Å². The van der Waals surface area contributed by atoms with E-state index >= 15 is 0 Å². The van der Waals surface area contributed by atoms with Gasteiger partial charge in [0, 0.05) is 6.54 Å². The Kier molecular flexibility index (Phi) is 4.86. The fraction of sp³-hybridized carbons (Fsp3) is 0.900. The van der Waals surface area contributed by atoms with Crippen molar-refractivity contribution in [3.63, 3.8) is 0 Å². The Labute approximate surface area is 87.5 Å². The van der Waals surface area contributed by atoms with E-state index in [1.54, 1.807) is 0 Å². The zero-order valence-corrected chi connectivity index (χ0v) is 10.2. The number of rotatable bonds is 4. The van der Waals surface area contributed by atoms with Crippen LogP contribution < -0.4 is 5.73 Å². The maximum atomic E-state index is 5.66. The molecule has 0 saturated carbocycles. The highest BCUT2D eigenvalue weighted by Crippen LogP contribution is 2.16. The molecule has 1 unspecified atom stereocenters. The average molecular weight is 202 g/mol. The van der Waals surface area contributed by atoms with Crippen molar-refractivity contribution < 1.29 is 0 Å². The number of hydrogen-bond acceptors (Lipinski definition) is 2. The standard InChI is InChI=1S/C10H22N2S/c1-6-8(9(11)13)12(5)7-10(2,3)4/h8H,6-7H2,1-5H3,(H2,11,13). The fourth-order valence-corrected chi connectivity index (χ4v) is 1.94. The first kappa shape index (κ1) is 12.8. The average Bonchev–Trinajstić information content (AvgIpc) is 1.82.